The quantitative estimate of drug-likeness (QED) is 0.567. The monoisotopic (exact) mass is 322 g/mol. The maximum Gasteiger partial charge on any atom is 0.244 e. The topological polar surface area (TPSA) is 72.9 Å². The van der Waals surface area contributed by atoms with E-state index in [0.29, 0.717) is 11.4 Å². The van der Waals surface area contributed by atoms with Crippen LogP contribution in [0.5, 0.6) is 0 Å². The van der Waals surface area contributed by atoms with Gasteiger partial charge in [0.2, 0.25) is 5.91 Å². The number of fused-ring (bicyclic) bond motifs is 3. The zero-order valence-corrected chi connectivity index (χ0v) is 13.0. The third kappa shape index (κ3) is 2.33. The molecule has 2 heterocycles. The molecule has 2 aromatic heterocycles. The van der Waals surface area contributed by atoms with Crippen molar-refractivity contribution in [2.75, 3.05) is 11.1 Å². The van der Waals surface area contributed by atoms with Crippen molar-refractivity contribution >= 4 is 49.9 Å². The van der Waals surface area contributed by atoms with E-state index in [1.807, 2.05) is 41.1 Å². The minimum atomic E-state index is -0.112. The SMILES string of the molecule is Nc1ccccc1NC(=O)Cn1c2ccccc2c2cnsc21. The lowest BCUT2D eigenvalue weighted by atomic mass is 10.2. The van der Waals surface area contributed by atoms with E-state index in [1.165, 1.54) is 11.5 Å². The van der Waals surface area contributed by atoms with Crippen LogP contribution in [0.15, 0.2) is 54.7 Å². The molecular formula is C17H14N4OS. The number of amides is 1. The maximum atomic E-state index is 12.4. The number of benzene rings is 2. The number of anilines is 2. The van der Waals surface area contributed by atoms with Crippen LogP contribution in [0.4, 0.5) is 11.4 Å². The summed E-state index contributed by atoms with van der Waals surface area (Å²) in [6.07, 6.45) is 1.85. The summed E-state index contributed by atoms with van der Waals surface area (Å²) in [4.78, 5) is 13.4. The summed E-state index contributed by atoms with van der Waals surface area (Å²) in [5.74, 6) is -0.112. The fourth-order valence-electron chi connectivity index (χ4n) is 2.76. The Morgan fingerprint density at radius 3 is 2.78 bits per heavy atom. The molecule has 23 heavy (non-hydrogen) atoms. The standard InChI is InChI=1S/C17H14N4OS/c18-13-6-2-3-7-14(13)20-16(22)10-21-15-8-4-1-5-11(15)12-9-19-23-17(12)21/h1-9H,10,18H2,(H,20,22). The van der Waals surface area contributed by atoms with E-state index in [-0.39, 0.29) is 12.5 Å². The molecule has 5 nitrogen and oxygen atoms in total. The Bertz CT molecular complexity index is 1020. The number of para-hydroxylation sites is 3. The lowest BCUT2D eigenvalue weighted by molar-refractivity contribution is -0.116. The van der Waals surface area contributed by atoms with E-state index in [0.717, 1.165) is 21.1 Å². The predicted molar refractivity (Wildman–Crippen MR) is 94.6 cm³/mol. The molecule has 0 bridgehead atoms. The molecule has 6 heteroatoms. The summed E-state index contributed by atoms with van der Waals surface area (Å²) in [6, 6.07) is 15.3. The van der Waals surface area contributed by atoms with Gasteiger partial charge in [0.1, 0.15) is 11.4 Å². The van der Waals surface area contributed by atoms with Crippen molar-refractivity contribution < 1.29 is 4.79 Å². The molecular weight excluding hydrogens is 308 g/mol. The van der Waals surface area contributed by atoms with Gasteiger partial charge in [-0.05, 0) is 29.7 Å². The smallest absolute Gasteiger partial charge is 0.244 e. The highest BCUT2D eigenvalue weighted by molar-refractivity contribution is 7.13. The first-order chi connectivity index (χ1) is 11.2. The Kier molecular flexibility index (Phi) is 3.24. The molecule has 2 aromatic carbocycles. The number of aromatic nitrogens is 2. The summed E-state index contributed by atoms with van der Waals surface area (Å²) in [5.41, 5.74) is 8.10. The molecule has 3 N–H and O–H groups in total. The molecule has 0 aliphatic carbocycles. The van der Waals surface area contributed by atoms with E-state index in [9.17, 15) is 4.79 Å². The molecule has 0 saturated carbocycles. The Hall–Kier alpha value is -2.86. The fourth-order valence-corrected chi connectivity index (χ4v) is 3.54. The zero-order valence-electron chi connectivity index (χ0n) is 12.2. The van der Waals surface area contributed by atoms with Gasteiger partial charge in [0, 0.05) is 10.8 Å². The second-order valence-corrected chi connectivity index (χ2v) is 6.06. The van der Waals surface area contributed by atoms with Crippen LogP contribution in [0.2, 0.25) is 0 Å². The van der Waals surface area contributed by atoms with Gasteiger partial charge in [0.05, 0.1) is 23.1 Å². The number of rotatable bonds is 3. The molecule has 0 saturated heterocycles. The number of hydrogen-bond donors (Lipinski definition) is 2. The molecule has 4 aromatic rings. The molecule has 0 atom stereocenters. The van der Waals surface area contributed by atoms with E-state index >= 15 is 0 Å². The van der Waals surface area contributed by atoms with Gasteiger partial charge < -0.3 is 15.6 Å². The van der Waals surface area contributed by atoms with Gasteiger partial charge in [-0.3, -0.25) is 4.79 Å². The average Bonchev–Trinajstić information content (AvgIpc) is 3.13. The van der Waals surface area contributed by atoms with Crippen LogP contribution in [0.3, 0.4) is 0 Å². The third-order valence-electron chi connectivity index (χ3n) is 3.82. The van der Waals surface area contributed by atoms with E-state index in [1.54, 1.807) is 12.1 Å². The van der Waals surface area contributed by atoms with Crippen molar-refractivity contribution in [1.29, 1.82) is 0 Å². The number of carbonyl (C=O) groups is 1. The van der Waals surface area contributed by atoms with Crippen molar-refractivity contribution in [3.8, 4) is 0 Å². The average molecular weight is 322 g/mol. The summed E-state index contributed by atoms with van der Waals surface area (Å²) in [5, 5.41) is 5.06. The van der Waals surface area contributed by atoms with Gasteiger partial charge in [-0.25, -0.2) is 0 Å². The Balaban J connectivity index is 1.70. The van der Waals surface area contributed by atoms with Crippen LogP contribution in [-0.4, -0.2) is 14.8 Å². The van der Waals surface area contributed by atoms with Crippen LogP contribution >= 0.6 is 11.5 Å². The van der Waals surface area contributed by atoms with Crippen LogP contribution in [-0.2, 0) is 11.3 Å². The normalized spacial score (nSPS) is 11.1. The van der Waals surface area contributed by atoms with Crippen molar-refractivity contribution in [3.05, 3.63) is 54.7 Å². The third-order valence-corrected chi connectivity index (χ3v) is 4.64. The zero-order chi connectivity index (χ0) is 15.8. The Labute approximate surface area is 136 Å². The Morgan fingerprint density at radius 1 is 1.13 bits per heavy atom. The van der Waals surface area contributed by atoms with Crippen LogP contribution in [0.25, 0.3) is 21.1 Å². The maximum absolute atomic E-state index is 12.4. The van der Waals surface area contributed by atoms with Crippen LogP contribution in [0, 0.1) is 0 Å². The first-order valence-corrected chi connectivity index (χ1v) is 7.97. The highest BCUT2D eigenvalue weighted by Crippen LogP contribution is 2.31. The first-order valence-electron chi connectivity index (χ1n) is 7.20. The number of nitrogens with zero attached hydrogens (tertiary/aromatic N) is 2. The molecule has 0 aliphatic rings. The summed E-state index contributed by atoms with van der Waals surface area (Å²) in [7, 11) is 0. The van der Waals surface area contributed by atoms with Crippen molar-refractivity contribution in [2.24, 2.45) is 0 Å². The van der Waals surface area contributed by atoms with Gasteiger partial charge in [0.15, 0.2) is 0 Å². The molecule has 114 valence electrons. The molecule has 0 fully saturated rings. The number of nitrogens with two attached hydrogens (primary N) is 1. The first kappa shape index (κ1) is 13.8. The molecule has 0 aliphatic heterocycles. The van der Waals surface area contributed by atoms with Crippen molar-refractivity contribution in [2.45, 2.75) is 6.54 Å². The molecule has 0 spiro atoms. The van der Waals surface area contributed by atoms with Gasteiger partial charge in [-0.15, -0.1) is 0 Å². The van der Waals surface area contributed by atoms with Gasteiger partial charge >= 0.3 is 0 Å². The van der Waals surface area contributed by atoms with Crippen LogP contribution < -0.4 is 11.1 Å². The number of nitrogens with one attached hydrogen (secondary N) is 1. The summed E-state index contributed by atoms with van der Waals surface area (Å²) >= 11 is 1.40. The minimum absolute atomic E-state index is 0.112. The minimum Gasteiger partial charge on any atom is -0.397 e. The lowest BCUT2D eigenvalue weighted by Gasteiger charge is -2.09. The van der Waals surface area contributed by atoms with Crippen LogP contribution in [0.1, 0.15) is 0 Å². The highest BCUT2D eigenvalue weighted by atomic mass is 32.1. The lowest BCUT2D eigenvalue weighted by Crippen LogP contribution is -2.19. The highest BCUT2D eigenvalue weighted by Gasteiger charge is 2.15. The van der Waals surface area contributed by atoms with Crippen molar-refractivity contribution in [1.82, 2.24) is 8.94 Å². The van der Waals surface area contributed by atoms with E-state index < -0.39 is 0 Å². The van der Waals surface area contributed by atoms with Gasteiger partial charge in [-0.1, -0.05) is 30.3 Å². The largest absolute Gasteiger partial charge is 0.397 e. The summed E-state index contributed by atoms with van der Waals surface area (Å²) < 4.78 is 6.24. The molecule has 0 radical (unpaired) electrons. The predicted octanol–water partition coefficient (Wildman–Crippen LogP) is 3.47. The van der Waals surface area contributed by atoms with E-state index in [4.69, 9.17) is 5.73 Å². The molecule has 0 unspecified atom stereocenters. The number of hydrogen-bond acceptors (Lipinski definition) is 4. The number of nitrogen functional groups attached to an aromatic ring is 1. The molecule has 1 amide bonds. The second kappa shape index (κ2) is 5.40. The van der Waals surface area contributed by atoms with Crippen molar-refractivity contribution in [3.63, 3.8) is 0 Å². The fraction of sp³-hybridized carbons (Fsp3) is 0.0588. The number of carbonyl (C=O) groups excluding carboxylic acids is 1. The van der Waals surface area contributed by atoms with Gasteiger partial charge in [0.25, 0.3) is 0 Å². The second-order valence-electron chi connectivity index (χ2n) is 5.28. The summed E-state index contributed by atoms with van der Waals surface area (Å²) in [6.45, 7) is 0.223. The van der Waals surface area contributed by atoms with E-state index in [2.05, 4.69) is 15.8 Å². The Morgan fingerprint density at radius 2 is 1.91 bits per heavy atom. The molecule has 4 rings (SSSR count). The van der Waals surface area contributed by atoms with Gasteiger partial charge in [-0.2, -0.15) is 4.37 Å².